The zero-order valence-corrected chi connectivity index (χ0v) is 12.9. The van der Waals surface area contributed by atoms with E-state index < -0.39 is 0 Å². The number of carbonyl (C=O) groups excluding carboxylic acids is 1. The molecular weight excluding hydrogens is 250 g/mol. The molecule has 0 radical (unpaired) electrons. The summed E-state index contributed by atoms with van der Waals surface area (Å²) < 4.78 is 0. The fourth-order valence-corrected chi connectivity index (χ4v) is 2.22. The Balaban J connectivity index is 2.63. The van der Waals surface area contributed by atoms with E-state index >= 15 is 0 Å². The highest BCUT2D eigenvalue weighted by molar-refractivity contribution is 5.97. The highest BCUT2D eigenvalue weighted by Gasteiger charge is 2.14. The Morgan fingerprint density at radius 3 is 2.40 bits per heavy atom. The van der Waals surface area contributed by atoms with Crippen molar-refractivity contribution in [2.75, 3.05) is 19.7 Å². The Labute approximate surface area is 122 Å². The minimum atomic E-state index is 0.152. The lowest BCUT2D eigenvalue weighted by Gasteiger charge is -2.25. The molecule has 3 heteroatoms. The summed E-state index contributed by atoms with van der Waals surface area (Å²) in [6, 6.07) is 8.26. The van der Waals surface area contributed by atoms with Crippen molar-refractivity contribution in [1.82, 2.24) is 4.90 Å². The minimum absolute atomic E-state index is 0.152. The second-order valence-electron chi connectivity index (χ2n) is 5.51. The van der Waals surface area contributed by atoms with E-state index in [-0.39, 0.29) is 12.4 Å². The Kier molecular flexibility index (Phi) is 7.48. The predicted octanol–water partition coefficient (Wildman–Crippen LogP) is 2.91. The Morgan fingerprint density at radius 2 is 1.90 bits per heavy atom. The molecule has 20 heavy (non-hydrogen) atoms. The molecule has 0 fully saturated rings. The first-order chi connectivity index (χ1) is 9.58. The smallest absolute Gasteiger partial charge is 0.176 e. The number of carbonyl (C=O) groups is 1. The van der Waals surface area contributed by atoms with Crippen LogP contribution in [0.2, 0.25) is 0 Å². The van der Waals surface area contributed by atoms with Crippen molar-refractivity contribution in [3.8, 4) is 0 Å². The molecule has 0 bridgehead atoms. The average molecular weight is 277 g/mol. The van der Waals surface area contributed by atoms with E-state index in [2.05, 4.69) is 25.7 Å². The quantitative estimate of drug-likeness (QED) is 0.706. The largest absolute Gasteiger partial charge is 0.396 e. The minimum Gasteiger partial charge on any atom is -0.396 e. The fourth-order valence-electron chi connectivity index (χ4n) is 2.22. The Morgan fingerprint density at radius 1 is 1.25 bits per heavy atom. The molecule has 112 valence electrons. The van der Waals surface area contributed by atoms with E-state index in [4.69, 9.17) is 5.11 Å². The number of rotatable bonds is 9. The Hall–Kier alpha value is -1.19. The van der Waals surface area contributed by atoms with Crippen LogP contribution in [0.3, 0.4) is 0 Å². The summed E-state index contributed by atoms with van der Waals surface area (Å²) in [5.74, 6) is 0.152. The molecule has 0 unspecified atom stereocenters. The third-order valence-electron chi connectivity index (χ3n) is 3.50. The van der Waals surface area contributed by atoms with Crippen LogP contribution in [0.15, 0.2) is 24.3 Å². The highest BCUT2D eigenvalue weighted by atomic mass is 16.3. The molecule has 0 heterocycles. The summed E-state index contributed by atoms with van der Waals surface area (Å²) in [5, 5.41) is 8.92. The van der Waals surface area contributed by atoms with Gasteiger partial charge in [-0.2, -0.15) is 0 Å². The van der Waals surface area contributed by atoms with Crippen LogP contribution in [0, 0.1) is 0 Å². The van der Waals surface area contributed by atoms with Crippen LogP contribution in [0.25, 0.3) is 0 Å². The van der Waals surface area contributed by atoms with Crippen LogP contribution >= 0.6 is 0 Å². The summed E-state index contributed by atoms with van der Waals surface area (Å²) in [4.78, 5) is 14.4. The maximum atomic E-state index is 12.3. The molecule has 0 aliphatic heterocycles. The Bertz CT molecular complexity index is 398. The number of aliphatic hydroxyl groups excluding tert-OH is 1. The van der Waals surface area contributed by atoms with E-state index in [1.807, 2.05) is 24.3 Å². The first kappa shape index (κ1) is 16.9. The molecule has 0 aliphatic carbocycles. The number of aryl methyl sites for hydroxylation is 1. The molecule has 0 aliphatic rings. The van der Waals surface area contributed by atoms with Crippen LogP contribution in [-0.4, -0.2) is 41.5 Å². The molecule has 1 rings (SSSR count). The number of hydrogen-bond donors (Lipinski definition) is 1. The normalized spacial score (nSPS) is 11.3. The van der Waals surface area contributed by atoms with Gasteiger partial charge in [-0.3, -0.25) is 9.69 Å². The van der Waals surface area contributed by atoms with Crippen molar-refractivity contribution in [3.63, 3.8) is 0 Å². The third kappa shape index (κ3) is 5.43. The van der Waals surface area contributed by atoms with Crippen molar-refractivity contribution in [2.45, 2.75) is 46.1 Å². The molecule has 1 aromatic rings. The molecule has 0 amide bonds. The first-order valence-electron chi connectivity index (χ1n) is 7.55. The summed E-state index contributed by atoms with van der Waals surface area (Å²) in [6.45, 7) is 7.66. The summed E-state index contributed by atoms with van der Waals surface area (Å²) >= 11 is 0. The molecule has 0 saturated carbocycles. The first-order valence-corrected chi connectivity index (χ1v) is 7.55. The van der Waals surface area contributed by atoms with Crippen molar-refractivity contribution in [1.29, 1.82) is 0 Å². The molecule has 0 spiro atoms. The monoisotopic (exact) mass is 277 g/mol. The van der Waals surface area contributed by atoms with Gasteiger partial charge in [0.2, 0.25) is 0 Å². The van der Waals surface area contributed by atoms with Crippen molar-refractivity contribution in [2.24, 2.45) is 0 Å². The van der Waals surface area contributed by atoms with Gasteiger partial charge in [0.25, 0.3) is 0 Å². The van der Waals surface area contributed by atoms with Gasteiger partial charge < -0.3 is 5.11 Å². The van der Waals surface area contributed by atoms with Gasteiger partial charge in [-0.15, -0.1) is 0 Å². The SMILES string of the molecule is CCCc1ccc(C(=O)CN(CCCO)C(C)C)cc1. The van der Waals surface area contributed by atoms with E-state index in [1.165, 1.54) is 5.56 Å². The van der Waals surface area contributed by atoms with Gasteiger partial charge in [-0.05, 0) is 32.3 Å². The maximum Gasteiger partial charge on any atom is 0.176 e. The van der Waals surface area contributed by atoms with Crippen LogP contribution in [0.4, 0.5) is 0 Å². The van der Waals surface area contributed by atoms with E-state index in [0.29, 0.717) is 19.0 Å². The summed E-state index contributed by atoms with van der Waals surface area (Å²) in [6.07, 6.45) is 2.89. The molecule has 1 aromatic carbocycles. The molecular formula is C17H27NO2. The number of benzene rings is 1. The average Bonchev–Trinajstić information content (AvgIpc) is 2.44. The summed E-state index contributed by atoms with van der Waals surface area (Å²) in [7, 11) is 0. The van der Waals surface area contributed by atoms with E-state index in [1.54, 1.807) is 0 Å². The molecule has 0 aromatic heterocycles. The van der Waals surface area contributed by atoms with Crippen LogP contribution < -0.4 is 0 Å². The van der Waals surface area contributed by atoms with Crippen molar-refractivity contribution in [3.05, 3.63) is 35.4 Å². The van der Waals surface area contributed by atoms with Gasteiger partial charge in [0, 0.05) is 24.8 Å². The van der Waals surface area contributed by atoms with Gasteiger partial charge in [0.15, 0.2) is 5.78 Å². The van der Waals surface area contributed by atoms with E-state index in [9.17, 15) is 4.79 Å². The fraction of sp³-hybridized carbons (Fsp3) is 0.588. The third-order valence-corrected chi connectivity index (χ3v) is 3.50. The van der Waals surface area contributed by atoms with Gasteiger partial charge in [0.1, 0.15) is 0 Å². The lowest BCUT2D eigenvalue weighted by molar-refractivity contribution is 0.0896. The molecule has 3 nitrogen and oxygen atoms in total. The van der Waals surface area contributed by atoms with E-state index in [0.717, 1.165) is 24.9 Å². The zero-order chi connectivity index (χ0) is 15.0. The van der Waals surface area contributed by atoms with Gasteiger partial charge in [-0.25, -0.2) is 0 Å². The molecule has 0 saturated heterocycles. The number of Topliss-reactive ketones (excluding diaryl/α,β-unsaturated/α-hetero) is 1. The van der Waals surface area contributed by atoms with Gasteiger partial charge >= 0.3 is 0 Å². The van der Waals surface area contributed by atoms with Crippen LogP contribution in [0.5, 0.6) is 0 Å². The molecule has 1 N–H and O–H groups in total. The zero-order valence-electron chi connectivity index (χ0n) is 12.9. The predicted molar refractivity (Wildman–Crippen MR) is 83.2 cm³/mol. The summed E-state index contributed by atoms with van der Waals surface area (Å²) in [5.41, 5.74) is 2.06. The second-order valence-corrected chi connectivity index (χ2v) is 5.51. The topological polar surface area (TPSA) is 40.5 Å². The number of hydrogen-bond acceptors (Lipinski definition) is 3. The number of nitrogens with zero attached hydrogens (tertiary/aromatic N) is 1. The maximum absolute atomic E-state index is 12.3. The standard InChI is InChI=1S/C17H27NO2/c1-4-6-15-7-9-16(10-8-15)17(20)13-18(14(2)3)11-5-12-19/h7-10,14,19H,4-6,11-13H2,1-3H3. The van der Waals surface area contributed by atoms with Crippen LogP contribution in [-0.2, 0) is 6.42 Å². The van der Waals surface area contributed by atoms with Crippen molar-refractivity contribution < 1.29 is 9.90 Å². The van der Waals surface area contributed by atoms with Gasteiger partial charge in [0.05, 0.1) is 6.54 Å². The van der Waals surface area contributed by atoms with Crippen LogP contribution in [0.1, 0.15) is 49.5 Å². The number of ketones is 1. The lowest BCUT2D eigenvalue weighted by Crippen LogP contribution is -2.36. The molecule has 0 atom stereocenters. The van der Waals surface area contributed by atoms with Crippen molar-refractivity contribution >= 4 is 5.78 Å². The second kappa shape index (κ2) is 8.88. The highest BCUT2D eigenvalue weighted by Crippen LogP contribution is 2.09. The van der Waals surface area contributed by atoms with Gasteiger partial charge in [-0.1, -0.05) is 37.6 Å². The lowest BCUT2D eigenvalue weighted by atomic mass is 10.0. The number of aliphatic hydroxyl groups is 1.